The number of phenols is 1. The Kier molecular flexibility index (Phi) is 7.04. The summed E-state index contributed by atoms with van der Waals surface area (Å²) >= 11 is 0. The number of hydrogen-bond acceptors (Lipinski definition) is 7. The SMILES string of the molecule is CC[C@@H]1CCC[C@H](N(C)c2cnc(-c3ccc(-c4cncc(OC(F)(F)F)c4)cc3O)nn2)[C@@H]1F. The molecule has 0 amide bonds. The van der Waals surface area contributed by atoms with Crippen LogP contribution in [0, 0.1) is 5.92 Å². The standard InChI is InChI=1S/C24H25F4N5O2/c1-3-14-5-4-6-19(22(14)25)33(2)21-13-30-23(32-31-21)18-8-7-15(10-20(18)34)16-9-17(12-29-11-16)35-24(26,27)28/h7-14,19,22,34H,3-6H2,1-2H3/t14-,19+,22-/m1/s1. The lowest BCUT2D eigenvalue weighted by atomic mass is 9.82. The molecule has 0 spiro atoms. The number of nitrogens with zero attached hydrogens (tertiary/aromatic N) is 5. The molecular formula is C24H25F4N5O2. The van der Waals surface area contributed by atoms with E-state index in [4.69, 9.17) is 0 Å². The van der Waals surface area contributed by atoms with Crippen LogP contribution in [0.5, 0.6) is 11.5 Å². The molecule has 3 atom stereocenters. The van der Waals surface area contributed by atoms with Gasteiger partial charge in [0.2, 0.25) is 0 Å². The summed E-state index contributed by atoms with van der Waals surface area (Å²) in [7, 11) is 1.78. The summed E-state index contributed by atoms with van der Waals surface area (Å²) in [6, 6.07) is 5.37. The quantitative estimate of drug-likeness (QED) is 0.452. The minimum Gasteiger partial charge on any atom is -0.507 e. The zero-order chi connectivity index (χ0) is 25.2. The molecular weight excluding hydrogens is 466 g/mol. The van der Waals surface area contributed by atoms with Crippen LogP contribution in [-0.4, -0.2) is 50.9 Å². The van der Waals surface area contributed by atoms with Crippen LogP contribution in [-0.2, 0) is 0 Å². The lowest BCUT2D eigenvalue weighted by Crippen LogP contribution is -2.45. The van der Waals surface area contributed by atoms with Gasteiger partial charge in [0.15, 0.2) is 11.6 Å². The van der Waals surface area contributed by atoms with Gasteiger partial charge in [0.1, 0.15) is 17.7 Å². The van der Waals surface area contributed by atoms with Crippen molar-refractivity contribution in [2.75, 3.05) is 11.9 Å². The second-order valence-corrected chi connectivity index (χ2v) is 8.55. The summed E-state index contributed by atoms with van der Waals surface area (Å²) in [5.74, 6) is -0.0334. The first-order chi connectivity index (χ1) is 16.7. The third kappa shape index (κ3) is 5.60. The molecule has 0 bridgehead atoms. The molecule has 4 rings (SSSR count). The number of aromatic hydroxyl groups is 1. The van der Waals surface area contributed by atoms with Crippen molar-refractivity contribution in [3.05, 3.63) is 42.9 Å². The number of benzene rings is 1. The van der Waals surface area contributed by atoms with Crippen LogP contribution in [0.3, 0.4) is 0 Å². The highest BCUT2D eigenvalue weighted by molar-refractivity contribution is 5.73. The fourth-order valence-corrected chi connectivity index (χ4v) is 4.45. The van der Waals surface area contributed by atoms with Crippen molar-refractivity contribution in [3.8, 4) is 34.0 Å². The van der Waals surface area contributed by atoms with E-state index in [9.17, 15) is 22.7 Å². The summed E-state index contributed by atoms with van der Waals surface area (Å²) in [5, 5.41) is 18.8. The first kappa shape index (κ1) is 24.6. The van der Waals surface area contributed by atoms with Gasteiger partial charge in [-0.15, -0.1) is 23.4 Å². The van der Waals surface area contributed by atoms with E-state index in [1.165, 1.54) is 30.6 Å². The number of phenolic OH excluding ortho intramolecular Hbond substituents is 1. The average molecular weight is 491 g/mol. The minimum absolute atomic E-state index is 0.0303. The highest BCUT2D eigenvalue weighted by atomic mass is 19.4. The van der Waals surface area contributed by atoms with E-state index in [2.05, 4.69) is 24.9 Å². The van der Waals surface area contributed by atoms with E-state index in [0.717, 1.165) is 31.9 Å². The number of aromatic nitrogens is 4. The Balaban J connectivity index is 1.52. The number of hydrogen-bond donors (Lipinski definition) is 1. The van der Waals surface area contributed by atoms with Gasteiger partial charge in [-0.3, -0.25) is 4.98 Å². The molecule has 1 aliphatic carbocycles. The van der Waals surface area contributed by atoms with Crippen molar-refractivity contribution in [3.63, 3.8) is 0 Å². The molecule has 0 unspecified atom stereocenters. The van der Waals surface area contributed by atoms with E-state index < -0.39 is 18.3 Å². The fourth-order valence-electron chi connectivity index (χ4n) is 4.45. The molecule has 2 aromatic heterocycles. The third-order valence-corrected chi connectivity index (χ3v) is 6.34. The monoisotopic (exact) mass is 491 g/mol. The maximum absolute atomic E-state index is 14.9. The smallest absolute Gasteiger partial charge is 0.507 e. The van der Waals surface area contributed by atoms with Crippen molar-refractivity contribution < 1.29 is 27.4 Å². The largest absolute Gasteiger partial charge is 0.573 e. The summed E-state index contributed by atoms with van der Waals surface area (Å²) < 4.78 is 56.3. The molecule has 1 N–H and O–H groups in total. The molecule has 2 heterocycles. The van der Waals surface area contributed by atoms with Crippen molar-refractivity contribution in [1.29, 1.82) is 0 Å². The number of ether oxygens (including phenoxy) is 1. The zero-order valence-corrected chi connectivity index (χ0v) is 19.2. The van der Waals surface area contributed by atoms with Gasteiger partial charge in [-0.25, -0.2) is 9.37 Å². The minimum atomic E-state index is -4.84. The number of alkyl halides is 4. The van der Waals surface area contributed by atoms with Crippen molar-refractivity contribution >= 4 is 5.82 Å². The molecule has 7 nitrogen and oxygen atoms in total. The molecule has 0 saturated heterocycles. The van der Waals surface area contributed by atoms with Crippen LogP contribution in [0.4, 0.5) is 23.4 Å². The van der Waals surface area contributed by atoms with Crippen molar-refractivity contribution in [2.24, 2.45) is 5.92 Å². The van der Waals surface area contributed by atoms with Crippen LogP contribution in [0.1, 0.15) is 32.6 Å². The van der Waals surface area contributed by atoms with Crippen LogP contribution in [0.15, 0.2) is 42.9 Å². The average Bonchev–Trinajstić information content (AvgIpc) is 2.83. The Morgan fingerprint density at radius 1 is 1.09 bits per heavy atom. The normalized spacial score (nSPS) is 20.5. The summed E-state index contributed by atoms with van der Waals surface area (Å²) in [6.07, 6.45) is 1.35. The number of halogens is 4. The molecule has 3 aromatic rings. The molecule has 0 aliphatic heterocycles. The van der Waals surface area contributed by atoms with Gasteiger partial charge in [-0.05, 0) is 42.5 Å². The van der Waals surface area contributed by atoms with E-state index in [1.54, 1.807) is 18.0 Å². The Hall–Kier alpha value is -3.50. The van der Waals surface area contributed by atoms with Crippen molar-refractivity contribution in [2.45, 2.75) is 51.2 Å². The van der Waals surface area contributed by atoms with E-state index in [0.29, 0.717) is 16.9 Å². The highest BCUT2D eigenvalue weighted by Crippen LogP contribution is 2.35. The molecule has 186 valence electrons. The van der Waals surface area contributed by atoms with Gasteiger partial charge < -0.3 is 14.7 Å². The lowest BCUT2D eigenvalue weighted by Gasteiger charge is -2.38. The fraction of sp³-hybridized carbons (Fsp3) is 0.417. The predicted molar refractivity (Wildman–Crippen MR) is 122 cm³/mol. The van der Waals surface area contributed by atoms with Gasteiger partial charge >= 0.3 is 6.36 Å². The topological polar surface area (TPSA) is 84.3 Å². The highest BCUT2D eigenvalue weighted by Gasteiger charge is 2.35. The van der Waals surface area contributed by atoms with Crippen LogP contribution in [0.2, 0.25) is 0 Å². The maximum atomic E-state index is 14.9. The van der Waals surface area contributed by atoms with Crippen LogP contribution >= 0.6 is 0 Å². The van der Waals surface area contributed by atoms with Crippen LogP contribution in [0.25, 0.3) is 22.5 Å². The first-order valence-electron chi connectivity index (χ1n) is 11.3. The maximum Gasteiger partial charge on any atom is 0.573 e. The first-order valence-corrected chi connectivity index (χ1v) is 11.3. The number of rotatable bonds is 6. The molecule has 35 heavy (non-hydrogen) atoms. The Morgan fingerprint density at radius 3 is 2.54 bits per heavy atom. The second-order valence-electron chi connectivity index (χ2n) is 8.55. The van der Waals surface area contributed by atoms with Gasteiger partial charge in [0.25, 0.3) is 0 Å². The van der Waals surface area contributed by atoms with Gasteiger partial charge in [-0.1, -0.05) is 25.8 Å². The van der Waals surface area contributed by atoms with Crippen molar-refractivity contribution in [1.82, 2.24) is 20.2 Å². The zero-order valence-electron chi connectivity index (χ0n) is 19.2. The van der Waals surface area contributed by atoms with E-state index in [-0.39, 0.29) is 29.1 Å². The van der Waals surface area contributed by atoms with Gasteiger partial charge in [0, 0.05) is 18.8 Å². The molecule has 1 aliphatic rings. The third-order valence-electron chi connectivity index (χ3n) is 6.34. The number of pyridine rings is 1. The Labute approximate surface area is 199 Å². The van der Waals surface area contributed by atoms with E-state index >= 15 is 0 Å². The Bertz CT molecular complexity index is 1160. The molecule has 0 radical (unpaired) electrons. The molecule has 1 aromatic carbocycles. The second kappa shape index (κ2) is 10.0. The molecule has 1 saturated carbocycles. The van der Waals surface area contributed by atoms with Crippen LogP contribution < -0.4 is 9.64 Å². The lowest BCUT2D eigenvalue weighted by molar-refractivity contribution is -0.274. The summed E-state index contributed by atoms with van der Waals surface area (Å²) in [6.45, 7) is 2.00. The van der Waals surface area contributed by atoms with E-state index in [1.807, 2.05) is 6.92 Å². The summed E-state index contributed by atoms with van der Waals surface area (Å²) in [5.41, 5.74) is 1.04. The van der Waals surface area contributed by atoms with Gasteiger partial charge in [-0.2, -0.15) is 0 Å². The predicted octanol–water partition coefficient (Wildman–Crippen LogP) is 5.56. The Morgan fingerprint density at radius 2 is 1.89 bits per heavy atom. The summed E-state index contributed by atoms with van der Waals surface area (Å²) in [4.78, 5) is 9.82. The van der Waals surface area contributed by atoms with Gasteiger partial charge in [0.05, 0.1) is 24.0 Å². The molecule has 1 fully saturated rings. The number of anilines is 1. The molecule has 11 heteroatoms.